The van der Waals surface area contributed by atoms with E-state index in [1.165, 1.54) is 6.07 Å². The molecule has 0 saturated heterocycles. The fourth-order valence-corrected chi connectivity index (χ4v) is 4.48. The van der Waals surface area contributed by atoms with Crippen LogP contribution >= 0.6 is 0 Å². The maximum absolute atomic E-state index is 13.1. The van der Waals surface area contributed by atoms with Gasteiger partial charge in [0.25, 0.3) is 5.56 Å². The van der Waals surface area contributed by atoms with E-state index in [1.54, 1.807) is 29.7 Å². The number of aliphatic hydroxyl groups excluding tert-OH is 1. The minimum Gasteiger partial charge on any atom is -0.380 e. The minimum absolute atomic E-state index is 0.0807. The van der Waals surface area contributed by atoms with Gasteiger partial charge in [0, 0.05) is 22.1 Å². The van der Waals surface area contributed by atoms with Gasteiger partial charge in [-0.1, -0.05) is 6.92 Å². The zero-order valence-corrected chi connectivity index (χ0v) is 16.7. The van der Waals surface area contributed by atoms with E-state index in [0.29, 0.717) is 40.0 Å². The second-order valence-electron chi connectivity index (χ2n) is 7.41. The van der Waals surface area contributed by atoms with Crippen molar-refractivity contribution in [3.63, 3.8) is 0 Å². The van der Waals surface area contributed by atoms with Crippen LogP contribution in [0.1, 0.15) is 30.0 Å². The molecule has 1 aromatic carbocycles. The maximum Gasteiger partial charge on any atom is 0.357 e. The number of hydrogen-bond donors (Lipinski definition) is 3. The fourth-order valence-electron chi connectivity index (χ4n) is 4.21. The van der Waals surface area contributed by atoms with Gasteiger partial charge in [0.2, 0.25) is 0 Å². The molecule has 3 N–H and O–H groups in total. The number of hydrogen-bond acceptors (Lipinski definition) is 7. The topological polar surface area (TPSA) is 131 Å². The molecule has 3 atom stereocenters. The van der Waals surface area contributed by atoms with E-state index in [2.05, 4.69) is 4.98 Å². The van der Waals surface area contributed by atoms with Crippen molar-refractivity contribution >= 4 is 22.3 Å². The summed E-state index contributed by atoms with van der Waals surface area (Å²) >= 11 is -2.43. The molecule has 4 heterocycles. The van der Waals surface area contributed by atoms with E-state index < -0.39 is 23.3 Å². The minimum atomic E-state index is -2.43. The summed E-state index contributed by atoms with van der Waals surface area (Å²) in [6, 6.07) is 8.37. The number of nitrogens with zero attached hydrogens (tertiary/aromatic N) is 2. The van der Waals surface area contributed by atoms with Crippen LogP contribution in [-0.2, 0) is 34.9 Å². The van der Waals surface area contributed by atoms with Crippen LogP contribution in [0.25, 0.3) is 22.3 Å². The Morgan fingerprint density at radius 2 is 2.17 bits per heavy atom. The molecule has 2 aromatic heterocycles. The number of aromatic nitrogens is 2. The van der Waals surface area contributed by atoms with Gasteiger partial charge in [0.05, 0.1) is 30.1 Å². The summed E-state index contributed by atoms with van der Waals surface area (Å²) in [4.78, 5) is 17.8. The monoisotopic (exact) mass is 430 g/mol. The van der Waals surface area contributed by atoms with Crippen LogP contribution in [0.3, 0.4) is 0 Å². The van der Waals surface area contributed by atoms with Crippen LogP contribution in [-0.4, -0.2) is 34.8 Å². The smallest absolute Gasteiger partial charge is 0.357 e. The summed E-state index contributed by atoms with van der Waals surface area (Å²) in [5, 5.41) is 21.9. The number of fused-ring (bicyclic) bond motifs is 5. The highest BCUT2D eigenvalue weighted by Gasteiger charge is 2.44. The molecule has 9 nitrogen and oxygen atoms in total. The molecule has 0 spiro atoms. The van der Waals surface area contributed by atoms with Gasteiger partial charge in [-0.25, -0.2) is 4.98 Å². The third-order valence-electron chi connectivity index (χ3n) is 5.80. The van der Waals surface area contributed by atoms with Gasteiger partial charge in [-0.3, -0.25) is 9.35 Å². The Bertz CT molecular complexity index is 1290. The molecule has 2 aliphatic heterocycles. The largest absolute Gasteiger partial charge is 0.380 e. The highest BCUT2D eigenvalue weighted by Crippen LogP contribution is 2.40. The first-order chi connectivity index (χ1) is 14.3. The Balaban J connectivity index is 1.69. The fraction of sp³-hybridized carbons (Fsp3) is 0.300. The van der Waals surface area contributed by atoms with Crippen molar-refractivity contribution in [3.8, 4) is 17.1 Å². The zero-order chi connectivity index (χ0) is 21.2. The number of benzene rings is 1. The predicted octanol–water partition coefficient (Wildman–Crippen LogP) is 1.39. The molecule has 2 aliphatic rings. The van der Waals surface area contributed by atoms with Crippen molar-refractivity contribution in [1.29, 1.82) is 0 Å². The van der Waals surface area contributed by atoms with Crippen molar-refractivity contribution < 1.29 is 27.9 Å². The zero-order valence-electron chi connectivity index (χ0n) is 15.9. The van der Waals surface area contributed by atoms with E-state index in [1.807, 2.05) is 6.07 Å². The Hall–Kier alpha value is -2.63. The van der Waals surface area contributed by atoms with Crippen molar-refractivity contribution in [2.75, 3.05) is 0 Å². The second kappa shape index (κ2) is 6.69. The molecule has 3 unspecified atom stereocenters. The summed E-state index contributed by atoms with van der Waals surface area (Å²) in [5.74, 6) is 0.229. The number of rotatable bonds is 3. The maximum atomic E-state index is 13.1. The molecular formula is C20H18N2O7S. The SMILES string of the molecule is CCC1(O)c2cc3n(c(=O)c2COC1O)Cc1cc2cc(OS(=O)O)ccc2nc1-3. The van der Waals surface area contributed by atoms with Crippen molar-refractivity contribution in [3.05, 3.63) is 57.4 Å². The molecule has 0 saturated carbocycles. The standard InChI is InChI=1S/C20H18N2O7S/c1-2-20(25)14-7-16-17-11(8-22(16)18(23)13(14)9-28-19(20)24)5-10-6-12(29-30(26)27)3-4-15(10)21-17/h3-7,19,24-25H,2,8-9H2,1H3,(H,26,27). The first-order valence-corrected chi connectivity index (χ1v) is 10.4. The average molecular weight is 430 g/mol. The van der Waals surface area contributed by atoms with E-state index in [9.17, 15) is 19.2 Å². The highest BCUT2D eigenvalue weighted by atomic mass is 32.2. The number of ether oxygens (including phenoxy) is 1. The number of pyridine rings is 2. The van der Waals surface area contributed by atoms with Crippen LogP contribution in [0.4, 0.5) is 0 Å². The molecule has 0 aliphatic carbocycles. The summed E-state index contributed by atoms with van der Waals surface area (Å²) < 4.78 is 31.5. The van der Waals surface area contributed by atoms with Gasteiger partial charge in [0.1, 0.15) is 11.4 Å². The Morgan fingerprint density at radius 3 is 2.90 bits per heavy atom. The van der Waals surface area contributed by atoms with Crippen LogP contribution < -0.4 is 9.74 Å². The molecule has 0 radical (unpaired) electrons. The van der Waals surface area contributed by atoms with Crippen LogP contribution in [0.2, 0.25) is 0 Å². The molecule has 0 amide bonds. The Labute approximate surface area is 173 Å². The van der Waals surface area contributed by atoms with Gasteiger partial charge in [-0.15, -0.1) is 0 Å². The van der Waals surface area contributed by atoms with Crippen molar-refractivity contribution in [1.82, 2.24) is 9.55 Å². The third kappa shape index (κ3) is 2.72. The van der Waals surface area contributed by atoms with Gasteiger partial charge in [0.15, 0.2) is 6.29 Å². The van der Waals surface area contributed by atoms with Gasteiger partial charge in [-0.2, -0.15) is 4.21 Å². The van der Waals surface area contributed by atoms with E-state index >= 15 is 0 Å². The highest BCUT2D eigenvalue weighted by molar-refractivity contribution is 7.74. The predicted molar refractivity (Wildman–Crippen MR) is 107 cm³/mol. The lowest BCUT2D eigenvalue weighted by atomic mass is 9.85. The van der Waals surface area contributed by atoms with Crippen LogP contribution in [0.15, 0.2) is 35.1 Å². The Morgan fingerprint density at radius 1 is 1.37 bits per heavy atom. The quantitative estimate of drug-likeness (QED) is 0.416. The van der Waals surface area contributed by atoms with Crippen LogP contribution in [0.5, 0.6) is 5.75 Å². The second-order valence-corrected chi connectivity index (χ2v) is 8.01. The van der Waals surface area contributed by atoms with E-state index in [-0.39, 0.29) is 24.3 Å². The van der Waals surface area contributed by atoms with E-state index in [0.717, 1.165) is 5.56 Å². The van der Waals surface area contributed by atoms with Gasteiger partial charge in [-0.05, 0) is 36.8 Å². The molecule has 5 rings (SSSR count). The lowest BCUT2D eigenvalue weighted by Crippen LogP contribution is -2.47. The first kappa shape index (κ1) is 19.3. The molecule has 0 fully saturated rings. The molecule has 10 heteroatoms. The molecule has 3 aromatic rings. The molecular weight excluding hydrogens is 412 g/mol. The average Bonchev–Trinajstić information content (AvgIpc) is 3.07. The third-order valence-corrected chi connectivity index (χ3v) is 6.14. The Kier molecular flexibility index (Phi) is 4.31. The first-order valence-electron chi connectivity index (χ1n) is 9.34. The summed E-state index contributed by atoms with van der Waals surface area (Å²) in [5.41, 5.74) is 1.32. The lowest BCUT2D eigenvalue weighted by Gasteiger charge is -2.37. The lowest BCUT2D eigenvalue weighted by molar-refractivity contribution is -0.236. The summed E-state index contributed by atoms with van der Waals surface area (Å²) in [6.45, 7) is 1.93. The van der Waals surface area contributed by atoms with Crippen molar-refractivity contribution in [2.45, 2.75) is 38.4 Å². The van der Waals surface area contributed by atoms with E-state index in [4.69, 9.17) is 13.5 Å². The molecule has 30 heavy (non-hydrogen) atoms. The van der Waals surface area contributed by atoms with Gasteiger partial charge >= 0.3 is 11.4 Å². The summed E-state index contributed by atoms with van der Waals surface area (Å²) in [6.07, 6.45) is -1.24. The van der Waals surface area contributed by atoms with Crippen molar-refractivity contribution in [2.24, 2.45) is 0 Å². The van der Waals surface area contributed by atoms with Crippen LogP contribution in [0, 0.1) is 0 Å². The normalized spacial score (nSPS) is 23.0. The number of aliphatic hydroxyl groups is 2. The summed E-state index contributed by atoms with van der Waals surface area (Å²) in [7, 11) is 0. The molecule has 156 valence electrons. The van der Waals surface area contributed by atoms with Gasteiger partial charge < -0.3 is 23.7 Å². The molecule has 0 bridgehead atoms.